The molecule has 13 heavy (non-hydrogen) atoms. The highest BCUT2D eigenvalue weighted by molar-refractivity contribution is 7.89. The lowest BCUT2D eigenvalue weighted by atomic mass is 10.4. The lowest BCUT2D eigenvalue weighted by molar-refractivity contribution is 0.395. The highest BCUT2D eigenvalue weighted by atomic mass is 32.2. The van der Waals surface area contributed by atoms with Crippen molar-refractivity contribution in [2.75, 3.05) is 39.5 Å². The average molecular weight is 209 g/mol. The largest absolute Gasteiger partial charge is 0.316 e. The van der Waals surface area contributed by atoms with Gasteiger partial charge in [0, 0.05) is 6.54 Å². The molecular formula is C7H19N3O2S. The SMILES string of the molecule is CN(C)CCCNCCS(N)(=O)=O. The van der Waals surface area contributed by atoms with E-state index in [9.17, 15) is 8.42 Å². The third-order valence-corrected chi connectivity index (χ3v) is 2.30. The first-order valence-corrected chi connectivity index (χ1v) is 5.99. The number of nitrogens with zero attached hydrogens (tertiary/aromatic N) is 1. The molecule has 0 aromatic heterocycles. The van der Waals surface area contributed by atoms with Crippen molar-refractivity contribution in [3.05, 3.63) is 0 Å². The molecule has 0 saturated carbocycles. The Morgan fingerprint density at radius 1 is 1.31 bits per heavy atom. The normalized spacial score (nSPS) is 12.3. The van der Waals surface area contributed by atoms with E-state index in [4.69, 9.17) is 5.14 Å². The van der Waals surface area contributed by atoms with Gasteiger partial charge in [0.1, 0.15) is 0 Å². The molecule has 0 bridgehead atoms. The van der Waals surface area contributed by atoms with Crippen LogP contribution in [0.3, 0.4) is 0 Å². The van der Waals surface area contributed by atoms with Crippen molar-refractivity contribution in [2.45, 2.75) is 6.42 Å². The fourth-order valence-electron chi connectivity index (χ4n) is 0.860. The van der Waals surface area contributed by atoms with Crippen LogP contribution in [0.4, 0.5) is 0 Å². The Hall–Kier alpha value is -0.170. The summed E-state index contributed by atoms with van der Waals surface area (Å²) in [6, 6.07) is 0. The minimum Gasteiger partial charge on any atom is -0.316 e. The second kappa shape index (κ2) is 6.31. The van der Waals surface area contributed by atoms with Crippen LogP contribution < -0.4 is 10.5 Å². The van der Waals surface area contributed by atoms with Crippen molar-refractivity contribution in [1.82, 2.24) is 10.2 Å². The second-order valence-corrected chi connectivity index (χ2v) is 5.01. The summed E-state index contributed by atoms with van der Waals surface area (Å²) in [6.45, 7) is 2.27. The fraction of sp³-hybridized carbons (Fsp3) is 1.00. The average Bonchev–Trinajstić information content (AvgIpc) is 1.93. The molecule has 0 aromatic carbocycles. The van der Waals surface area contributed by atoms with Crippen molar-refractivity contribution in [1.29, 1.82) is 0 Å². The zero-order valence-electron chi connectivity index (χ0n) is 8.28. The molecule has 0 aliphatic heterocycles. The van der Waals surface area contributed by atoms with Gasteiger partial charge in [-0.05, 0) is 33.6 Å². The van der Waals surface area contributed by atoms with Crippen LogP contribution in [0, 0.1) is 0 Å². The van der Waals surface area contributed by atoms with Gasteiger partial charge in [-0.3, -0.25) is 0 Å². The summed E-state index contributed by atoms with van der Waals surface area (Å²) in [6.07, 6.45) is 1.01. The van der Waals surface area contributed by atoms with E-state index in [-0.39, 0.29) is 5.75 Å². The molecule has 0 aromatic rings. The zero-order valence-corrected chi connectivity index (χ0v) is 9.10. The van der Waals surface area contributed by atoms with E-state index >= 15 is 0 Å². The quantitative estimate of drug-likeness (QED) is 0.517. The highest BCUT2D eigenvalue weighted by Gasteiger charge is 2.00. The summed E-state index contributed by atoms with van der Waals surface area (Å²) in [4.78, 5) is 2.08. The van der Waals surface area contributed by atoms with Crippen LogP contribution in [0.15, 0.2) is 0 Å². The van der Waals surface area contributed by atoms with Gasteiger partial charge in [-0.25, -0.2) is 13.6 Å². The van der Waals surface area contributed by atoms with Crippen molar-refractivity contribution in [3.63, 3.8) is 0 Å². The van der Waals surface area contributed by atoms with E-state index in [0.717, 1.165) is 19.5 Å². The summed E-state index contributed by atoms with van der Waals surface area (Å²) >= 11 is 0. The van der Waals surface area contributed by atoms with E-state index < -0.39 is 10.0 Å². The highest BCUT2D eigenvalue weighted by Crippen LogP contribution is 1.81. The molecule has 0 rings (SSSR count). The number of sulfonamides is 1. The van der Waals surface area contributed by atoms with Crippen molar-refractivity contribution >= 4 is 10.0 Å². The Labute approximate surface area is 80.3 Å². The molecule has 0 amide bonds. The van der Waals surface area contributed by atoms with Crippen LogP contribution in [0.2, 0.25) is 0 Å². The van der Waals surface area contributed by atoms with E-state index in [1.165, 1.54) is 0 Å². The van der Waals surface area contributed by atoms with Gasteiger partial charge in [-0.2, -0.15) is 0 Å². The lowest BCUT2D eigenvalue weighted by Gasteiger charge is -2.09. The molecule has 6 heteroatoms. The third-order valence-electron chi connectivity index (χ3n) is 1.52. The van der Waals surface area contributed by atoms with Gasteiger partial charge < -0.3 is 10.2 Å². The predicted octanol–water partition coefficient (Wildman–Crippen LogP) is -1.18. The van der Waals surface area contributed by atoms with Crippen LogP contribution in [0.5, 0.6) is 0 Å². The number of rotatable bonds is 7. The molecule has 0 unspecified atom stereocenters. The Balaban J connectivity index is 3.18. The van der Waals surface area contributed by atoms with Crippen molar-refractivity contribution in [2.24, 2.45) is 5.14 Å². The maximum absolute atomic E-state index is 10.5. The third kappa shape index (κ3) is 11.8. The zero-order chi connectivity index (χ0) is 10.3. The van der Waals surface area contributed by atoms with E-state index in [2.05, 4.69) is 10.2 Å². The van der Waals surface area contributed by atoms with Gasteiger partial charge in [-0.1, -0.05) is 0 Å². The van der Waals surface area contributed by atoms with Crippen LogP contribution in [-0.4, -0.2) is 52.8 Å². The van der Waals surface area contributed by atoms with Gasteiger partial charge in [0.25, 0.3) is 0 Å². The van der Waals surface area contributed by atoms with E-state index in [1.807, 2.05) is 14.1 Å². The summed E-state index contributed by atoms with van der Waals surface area (Å²) in [7, 11) is 0.708. The minimum absolute atomic E-state index is 0.00889. The molecule has 80 valence electrons. The van der Waals surface area contributed by atoms with Crippen LogP contribution in [0.1, 0.15) is 6.42 Å². The smallest absolute Gasteiger partial charge is 0.210 e. The molecule has 0 radical (unpaired) electrons. The molecule has 0 aliphatic rings. The van der Waals surface area contributed by atoms with Crippen molar-refractivity contribution < 1.29 is 8.42 Å². The van der Waals surface area contributed by atoms with Crippen LogP contribution in [0.25, 0.3) is 0 Å². The molecule has 0 atom stereocenters. The molecule has 5 nitrogen and oxygen atoms in total. The van der Waals surface area contributed by atoms with Gasteiger partial charge >= 0.3 is 0 Å². The van der Waals surface area contributed by atoms with Gasteiger partial charge in [-0.15, -0.1) is 0 Å². The number of nitrogens with one attached hydrogen (secondary N) is 1. The maximum atomic E-state index is 10.5. The first-order valence-electron chi connectivity index (χ1n) is 4.28. The van der Waals surface area contributed by atoms with Crippen LogP contribution >= 0.6 is 0 Å². The molecular weight excluding hydrogens is 190 g/mol. The van der Waals surface area contributed by atoms with Gasteiger partial charge in [0.2, 0.25) is 10.0 Å². The molecule has 0 spiro atoms. The first kappa shape index (κ1) is 12.8. The number of primary sulfonamides is 1. The minimum atomic E-state index is -3.30. The Morgan fingerprint density at radius 2 is 1.92 bits per heavy atom. The number of hydrogen-bond donors (Lipinski definition) is 2. The Bertz CT molecular complexity index is 214. The summed E-state index contributed by atoms with van der Waals surface area (Å²) in [5.74, 6) is 0.00889. The van der Waals surface area contributed by atoms with Gasteiger partial charge in [0.15, 0.2) is 0 Å². The molecule has 0 saturated heterocycles. The molecule has 0 fully saturated rings. The van der Waals surface area contributed by atoms with Gasteiger partial charge in [0.05, 0.1) is 5.75 Å². The summed E-state index contributed by atoms with van der Waals surface area (Å²) < 4.78 is 21.0. The monoisotopic (exact) mass is 209 g/mol. The summed E-state index contributed by atoms with van der Waals surface area (Å²) in [5, 5.41) is 7.83. The number of hydrogen-bond acceptors (Lipinski definition) is 4. The topological polar surface area (TPSA) is 75.4 Å². The van der Waals surface area contributed by atoms with E-state index in [1.54, 1.807) is 0 Å². The fourth-order valence-corrected chi connectivity index (χ4v) is 1.29. The lowest BCUT2D eigenvalue weighted by Crippen LogP contribution is -2.29. The maximum Gasteiger partial charge on any atom is 0.210 e. The predicted molar refractivity (Wildman–Crippen MR) is 54.0 cm³/mol. The van der Waals surface area contributed by atoms with Crippen LogP contribution in [-0.2, 0) is 10.0 Å². The molecule has 3 N–H and O–H groups in total. The Morgan fingerprint density at radius 3 is 2.38 bits per heavy atom. The standard InChI is InChI=1S/C7H19N3O2S/c1-10(2)6-3-4-9-5-7-13(8,11)12/h9H,3-7H2,1-2H3,(H2,8,11,12). The molecule has 0 aliphatic carbocycles. The first-order chi connectivity index (χ1) is 5.92. The molecule has 0 heterocycles. The van der Waals surface area contributed by atoms with E-state index in [0.29, 0.717) is 6.54 Å². The Kier molecular flexibility index (Phi) is 6.23. The number of nitrogens with two attached hydrogens (primary N) is 1. The summed E-state index contributed by atoms with van der Waals surface area (Å²) in [5.41, 5.74) is 0. The second-order valence-electron chi connectivity index (χ2n) is 3.27. The van der Waals surface area contributed by atoms with Crippen molar-refractivity contribution in [3.8, 4) is 0 Å².